The fourth-order valence-corrected chi connectivity index (χ4v) is 2.01. The van der Waals surface area contributed by atoms with Gasteiger partial charge in [0.05, 0.1) is 6.07 Å². The molecule has 2 rings (SSSR count). The first-order valence-corrected chi connectivity index (χ1v) is 5.66. The molecule has 1 heterocycles. The molecule has 0 radical (unpaired) electrons. The third kappa shape index (κ3) is 2.50. The predicted molar refractivity (Wildman–Crippen MR) is 64.6 cm³/mol. The normalized spacial score (nSPS) is 21.2. The number of hydrogen-bond acceptors (Lipinski definition) is 2. The molecule has 82 valence electrons. The molecule has 2 nitrogen and oxygen atoms in total. The molecule has 0 bridgehead atoms. The Morgan fingerprint density at radius 3 is 2.81 bits per heavy atom. The molecule has 0 aliphatic carbocycles. The van der Waals surface area contributed by atoms with E-state index in [1.165, 1.54) is 5.56 Å². The number of hydrogen-bond donors (Lipinski definition) is 0. The van der Waals surface area contributed by atoms with Gasteiger partial charge in [0.15, 0.2) is 0 Å². The van der Waals surface area contributed by atoms with Crippen LogP contribution in [0.1, 0.15) is 18.9 Å². The topological polar surface area (TPSA) is 27.0 Å². The summed E-state index contributed by atoms with van der Waals surface area (Å²) in [5.74, 6) is 0. The van der Waals surface area contributed by atoms with Gasteiger partial charge in [-0.3, -0.25) is 4.90 Å². The number of nitriles is 1. The third-order valence-corrected chi connectivity index (χ3v) is 3.07. The van der Waals surface area contributed by atoms with Crippen molar-refractivity contribution in [2.24, 2.45) is 0 Å². The molecule has 1 aliphatic rings. The van der Waals surface area contributed by atoms with Gasteiger partial charge in [-0.05, 0) is 18.9 Å². The average Bonchev–Trinajstić information content (AvgIpc) is 2.33. The van der Waals surface area contributed by atoms with Gasteiger partial charge in [-0.2, -0.15) is 5.26 Å². The summed E-state index contributed by atoms with van der Waals surface area (Å²) in [6.07, 6.45) is 3.04. The minimum absolute atomic E-state index is 0.525. The van der Waals surface area contributed by atoms with E-state index in [4.69, 9.17) is 5.26 Å². The Bertz CT molecular complexity index is 414. The summed E-state index contributed by atoms with van der Waals surface area (Å²) in [4.78, 5) is 2.36. The summed E-state index contributed by atoms with van der Waals surface area (Å²) < 4.78 is 0. The van der Waals surface area contributed by atoms with E-state index in [0.717, 1.165) is 25.1 Å². The first-order valence-electron chi connectivity index (χ1n) is 5.66. The highest BCUT2D eigenvalue weighted by Crippen LogP contribution is 2.18. The second kappa shape index (κ2) is 4.96. The zero-order valence-corrected chi connectivity index (χ0v) is 9.56. The highest BCUT2D eigenvalue weighted by molar-refractivity contribution is 5.25. The molecule has 0 saturated heterocycles. The van der Waals surface area contributed by atoms with E-state index >= 15 is 0 Å². The van der Waals surface area contributed by atoms with Gasteiger partial charge in [0.25, 0.3) is 0 Å². The van der Waals surface area contributed by atoms with Crippen molar-refractivity contribution in [3.8, 4) is 6.07 Å². The molecule has 2 heteroatoms. The zero-order valence-electron chi connectivity index (χ0n) is 9.56. The van der Waals surface area contributed by atoms with Crippen LogP contribution >= 0.6 is 0 Å². The highest BCUT2D eigenvalue weighted by Gasteiger charge is 2.19. The Kier molecular flexibility index (Phi) is 3.38. The minimum atomic E-state index is 0.525. The quantitative estimate of drug-likeness (QED) is 0.753. The molecular formula is C14H16N2. The lowest BCUT2D eigenvalue weighted by Crippen LogP contribution is -2.36. The predicted octanol–water partition coefficient (Wildman–Crippen LogP) is 2.73. The first-order chi connectivity index (χ1) is 7.79. The summed E-state index contributed by atoms with van der Waals surface area (Å²) in [5.41, 5.74) is 2.21. The van der Waals surface area contributed by atoms with Gasteiger partial charge in [0.1, 0.15) is 0 Å². The van der Waals surface area contributed by atoms with E-state index < -0.39 is 0 Å². The third-order valence-electron chi connectivity index (χ3n) is 3.07. The summed E-state index contributed by atoms with van der Waals surface area (Å²) >= 11 is 0. The largest absolute Gasteiger partial charge is 0.291 e. The average molecular weight is 212 g/mol. The molecule has 1 aromatic rings. The first kappa shape index (κ1) is 10.9. The van der Waals surface area contributed by atoms with Crippen LogP contribution in [0, 0.1) is 11.3 Å². The second-order valence-corrected chi connectivity index (χ2v) is 4.32. The van der Waals surface area contributed by atoms with Crippen molar-refractivity contribution in [3.63, 3.8) is 0 Å². The van der Waals surface area contributed by atoms with Gasteiger partial charge in [-0.15, -0.1) is 0 Å². The summed E-state index contributed by atoms with van der Waals surface area (Å²) in [6.45, 7) is 3.93. The van der Waals surface area contributed by atoms with Crippen molar-refractivity contribution < 1.29 is 0 Å². The van der Waals surface area contributed by atoms with Crippen molar-refractivity contribution >= 4 is 0 Å². The van der Waals surface area contributed by atoms with Crippen LogP contribution in [0.15, 0.2) is 42.0 Å². The van der Waals surface area contributed by atoms with E-state index in [1.54, 1.807) is 0 Å². The molecule has 1 aliphatic heterocycles. The van der Waals surface area contributed by atoms with Gasteiger partial charge in [-0.25, -0.2) is 0 Å². The van der Waals surface area contributed by atoms with Crippen LogP contribution in [0.4, 0.5) is 0 Å². The van der Waals surface area contributed by atoms with Crippen molar-refractivity contribution in [3.05, 3.63) is 47.5 Å². The molecule has 1 aromatic carbocycles. The Labute approximate surface area is 96.8 Å². The summed E-state index contributed by atoms with van der Waals surface area (Å²) in [5, 5.41) is 8.92. The smallest absolute Gasteiger partial charge is 0.0957 e. The molecule has 0 spiro atoms. The van der Waals surface area contributed by atoms with Crippen molar-refractivity contribution in [1.29, 1.82) is 5.26 Å². The lowest BCUT2D eigenvalue weighted by atomic mass is 10.0. The molecule has 1 atom stereocenters. The Morgan fingerprint density at radius 1 is 1.38 bits per heavy atom. The monoisotopic (exact) mass is 212 g/mol. The zero-order chi connectivity index (χ0) is 11.4. The van der Waals surface area contributed by atoms with Gasteiger partial charge >= 0.3 is 0 Å². The molecule has 0 saturated carbocycles. The highest BCUT2D eigenvalue weighted by atomic mass is 15.2. The Morgan fingerprint density at radius 2 is 2.12 bits per heavy atom. The van der Waals surface area contributed by atoms with Crippen LogP contribution in [-0.2, 0) is 6.54 Å². The molecule has 0 fully saturated rings. The second-order valence-electron chi connectivity index (χ2n) is 4.32. The number of rotatable bonds is 2. The molecule has 0 amide bonds. The molecular weight excluding hydrogens is 196 g/mol. The van der Waals surface area contributed by atoms with E-state index in [1.807, 2.05) is 6.07 Å². The van der Waals surface area contributed by atoms with Crippen LogP contribution in [0.5, 0.6) is 0 Å². The molecule has 0 N–H and O–H groups in total. The van der Waals surface area contributed by atoms with E-state index in [2.05, 4.69) is 48.2 Å². The lowest BCUT2D eigenvalue weighted by molar-refractivity contribution is 0.210. The van der Waals surface area contributed by atoms with Crippen LogP contribution in [0.25, 0.3) is 0 Å². The van der Waals surface area contributed by atoms with Gasteiger partial charge in [0, 0.05) is 24.7 Å². The van der Waals surface area contributed by atoms with Crippen LogP contribution in [0.2, 0.25) is 0 Å². The number of benzene rings is 1. The maximum absolute atomic E-state index is 8.92. The van der Waals surface area contributed by atoms with Crippen LogP contribution in [-0.4, -0.2) is 17.5 Å². The SMILES string of the molecule is C[C@@H]1CC=C(C#N)CN1Cc1ccccc1. The Hall–Kier alpha value is -1.59. The maximum atomic E-state index is 8.92. The summed E-state index contributed by atoms with van der Waals surface area (Å²) in [6, 6.07) is 13.2. The summed E-state index contributed by atoms with van der Waals surface area (Å²) in [7, 11) is 0. The fourth-order valence-electron chi connectivity index (χ4n) is 2.01. The van der Waals surface area contributed by atoms with E-state index in [0.29, 0.717) is 6.04 Å². The van der Waals surface area contributed by atoms with E-state index in [9.17, 15) is 0 Å². The van der Waals surface area contributed by atoms with Crippen molar-refractivity contribution in [2.75, 3.05) is 6.54 Å². The standard InChI is InChI=1S/C14H16N2/c1-12-7-8-14(9-15)11-16(12)10-13-5-3-2-4-6-13/h2-6,8,12H,7,10-11H2,1H3/t12-/m1/s1. The van der Waals surface area contributed by atoms with Gasteiger partial charge in [-0.1, -0.05) is 36.4 Å². The minimum Gasteiger partial charge on any atom is -0.291 e. The molecule has 16 heavy (non-hydrogen) atoms. The van der Waals surface area contributed by atoms with Gasteiger partial charge in [0.2, 0.25) is 0 Å². The van der Waals surface area contributed by atoms with Crippen molar-refractivity contribution in [2.45, 2.75) is 25.9 Å². The van der Waals surface area contributed by atoms with Crippen LogP contribution in [0.3, 0.4) is 0 Å². The Balaban J connectivity index is 2.06. The fraction of sp³-hybridized carbons (Fsp3) is 0.357. The maximum Gasteiger partial charge on any atom is 0.0957 e. The van der Waals surface area contributed by atoms with Gasteiger partial charge < -0.3 is 0 Å². The molecule has 0 aromatic heterocycles. The van der Waals surface area contributed by atoms with Crippen molar-refractivity contribution in [1.82, 2.24) is 4.90 Å². The van der Waals surface area contributed by atoms with E-state index in [-0.39, 0.29) is 0 Å². The number of nitrogens with zero attached hydrogens (tertiary/aromatic N) is 2. The lowest BCUT2D eigenvalue weighted by Gasteiger charge is -2.31. The van der Waals surface area contributed by atoms with Crippen LogP contribution < -0.4 is 0 Å². The molecule has 0 unspecified atom stereocenters.